The molecule has 2 atom stereocenters. The Balaban J connectivity index is 1.72. The van der Waals surface area contributed by atoms with E-state index in [1.165, 1.54) is 31.5 Å². The Kier molecular flexibility index (Phi) is 4.20. The third-order valence-electron chi connectivity index (χ3n) is 5.46. The molecular formula is C18H25ClN4. The number of anilines is 1. The maximum absolute atomic E-state index is 6.22. The van der Waals surface area contributed by atoms with E-state index in [4.69, 9.17) is 16.6 Å². The summed E-state index contributed by atoms with van der Waals surface area (Å²) in [6.07, 6.45) is 5.10. The first-order chi connectivity index (χ1) is 11.2. The summed E-state index contributed by atoms with van der Waals surface area (Å²) in [5.41, 5.74) is 2.14. The lowest BCUT2D eigenvalue weighted by Crippen LogP contribution is -2.51. The van der Waals surface area contributed by atoms with Gasteiger partial charge in [0.25, 0.3) is 0 Å². The topological polar surface area (TPSA) is 30.9 Å². The molecule has 4 rings (SSSR count). The minimum Gasteiger partial charge on any atom is -0.380 e. The molecule has 3 aliphatic rings. The largest absolute Gasteiger partial charge is 0.380 e. The summed E-state index contributed by atoms with van der Waals surface area (Å²) in [4.78, 5) is 10.0. The quantitative estimate of drug-likeness (QED) is 0.787. The Labute approximate surface area is 143 Å². The van der Waals surface area contributed by atoms with Gasteiger partial charge in [0.2, 0.25) is 0 Å². The average Bonchev–Trinajstić information content (AvgIpc) is 2.72. The van der Waals surface area contributed by atoms with Crippen molar-refractivity contribution in [3.63, 3.8) is 0 Å². The summed E-state index contributed by atoms with van der Waals surface area (Å²) in [6.45, 7) is 4.39. The van der Waals surface area contributed by atoms with Crippen LogP contribution in [0.25, 0.3) is 0 Å². The van der Waals surface area contributed by atoms with Gasteiger partial charge in [-0.25, -0.2) is 4.99 Å². The van der Waals surface area contributed by atoms with Crippen LogP contribution in [0.4, 0.5) is 11.4 Å². The van der Waals surface area contributed by atoms with Gasteiger partial charge < -0.3 is 15.1 Å². The van der Waals surface area contributed by atoms with Crippen molar-refractivity contribution in [2.45, 2.75) is 31.7 Å². The van der Waals surface area contributed by atoms with Crippen molar-refractivity contribution in [3.05, 3.63) is 23.2 Å². The standard InChI is InChI=1S/C18H25ClN4/c1-22-8-10-23(11-9-22)18-14-4-2-3-5-15(14)20-16-7-6-13(19)12-17(16)21-18/h6-7,12,14-15,20H,2-5,8-11H2,1H3. The summed E-state index contributed by atoms with van der Waals surface area (Å²) in [7, 11) is 2.20. The minimum atomic E-state index is 0.504. The van der Waals surface area contributed by atoms with Crippen LogP contribution in [0.1, 0.15) is 25.7 Å². The van der Waals surface area contributed by atoms with Crippen LogP contribution in [0.3, 0.4) is 0 Å². The molecule has 1 aromatic rings. The third-order valence-corrected chi connectivity index (χ3v) is 5.70. The van der Waals surface area contributed by atoms with Gasteiger partial charge >= 0.3 is 0 Å². The molecular weight excluding hydrogens is 308 g/mol. The molecule has 1 N–H and O–H groups in total. The van der Waals surface area contributed by atoms with Gasteiger partial charge in [0.05, 0.1) is 11.4 Å². The highest BCUT2D eigenvalue weighted by molar-refractivity contribution is 6.31. The first kappa shape index (κ1) is 15.3. The lowest BCUT2D eigenvalue weighted by molar-refractivity contribution is 0.205. The molecule has 2 fully saturated rings. The van der Waals surface area contributed by atoms with E-state index in [0.717, 1.165) is 42.6 Å². The van der Waals surface area contributed by atoms with E-state index in [1.54, 1.807) is 0 Å². The molecule has 1 saturated carbocycles. The van der Waals surface area contributed by atoms with E-state index in [9.17, 15) is 0 Å². The normalized spacial score (nSPS) is 28.3. The number of fused-ring (bicyclic) bond motifs is 2. The lowest BCUT2D eigenvalue weighted by atomic mass is 9.83. The molecule has 4 nitrogen and oxygen atoms in total. The number of hydrogen-bond acceptors (Lipinski definition) is 4. The third kappa shape index (κ3) is 3.07. The average molecular weight is 333 g/mol. The van der Waals surface area contributed by atoms with Crippen molar-refractivity contribution in [1.29, 1.82) is 0 Å². The van der Waals surface area contributed by atoms with E-state index in [2.05, 4.69) is 28.2 Å². The number of nitrogens with one attached hydrogen (secondary N) is 1. The Hall–Kier alpha value is -1.26. The van der Waals surface area contributed by atoms with Gasteiger partial charge in [-0.15, -0.1) is 0 Å². The second kappa shape index (κ2) is 6.33. The van der Waals surface area contributed by atoms with Crippen LogP contribution in [0, 0.1) is 5.92 Å². The highest BCUT2D eigenvalue weighted by Crippen LogP contribution is 2.38. The van der Waals surface area contributed by atoms with Gasteiger partial charge in [-0.2, -0.15) is 0 Å². The van der Waals surface area contributed by atoms with Gasteiger partial charge in [0, 0.05) is 43.2 Å². The SMILES string of the molecule is CN1CCN(C2=Nc3cc(Cl)ccc3NC3CCCCC23)CC1. The molecule has 124 valence electrons. The number of aliphatic imine (C=N–C) groups is 1. The fourth-order valence-electron chi connectivity index (χ4n) is 4.08. The van der Waals surface area contributed by atoms with E-state index in [-0.39, 0.29) is 0 Å². The smallest absolute Gasteiger partial charge is 0.110 e. The molecule has 0 spiro atoms. The Bertz CT molecular complexity index is 607. The highest BCUT2D eigenvalue weighted by atomic mass is 35.5. The molecule has 1 aliphatic carbocycles. The minimum absolute atomic E-state index is 0.504. The van der Waals surface area contributed by atoms with E-state index in [1.807, 2.05) is 12.1 Å². The van der Waals surface area contributed by atoms with Crippen molar-refractivity contribution in [2.75, 3.05) is 38.5 Å². The predicted molar refractivity (Wildman–Crippen MR) is 97.0 cm³/mol. The van der Waals surface area contributed by atoms with Crippen molar-refractivity contribution < 1.29 is 0 Å². The van der Waals surface area contributed by atoms with Crippen LogP contribution < -0.4 is 5.32 Å². The summed E-state index contributed by atoms with van der Waals surface area (Å²) < 4.78 is 0. The van der Waals surface area contributed by atoms with Gasteiger partial charge in [-0.1, -0.05) is 24.4 Å². The fourth-order valence-corrected chi connectivity index (χ4v) is 4.25. The molecule has 23 heavy (non-hydrogen) atoms. The Morgan fingerprint density at radius 3 is 2.74 bits per heavy atom. The molecule has 5 heteroatoms. The lowest BCUT2D eigenvalue weighted by Gasteiger charge is -2.40. The maximum atomic E-state index is 6.22. The van der Waals surface area contributed by atoms with Gasteiger partial charge in [0.15, 0.2) is 0 Å². The van der Waals surface area contributed by atoms with Crippen LogP contribution in [0.15, 0.2) is 23.2 Å². The van der Waals surface area contributed by atoms with Gasteiger partial charge in [0.1, 0.15) is 5.84 Å². The summed E-state index contributed by atoms with van der Waals surface area (Å²) >= 11 is 6.22. The molecule has 0 amide bonds. The summed E-state index contributed by atoms with van der Waals surface area (Å²) in [5.74, 6) is 1.81. The number of rotatable bonds is 0. The van der Waals surface area contributed by atoms with Gasteiger partial charge in [-0.3, -0.25) is 0 Å². The molecule has 1 saturated heterocycles. The number of nitrogens with zero attached hydrogens (tertiary/aromatic N) is 3. The Morgan fingerprint density at radius 2 is 1.91 bits per heavy atom. The zero-order valence-corrected chi connectivity index (χ0v) is 14.5. The number of piperazine rings is 1. The molecule has 0 aromatic heterocycles. The molecule has 2 heterocycles. The number of benzene rings is 1. The van der Waals surface area contributed by atoms with Crippen molar-refractivity contribution in [2.24, 2.45) is 10.9 Å². The predicted octanol–water partition coefficient (Wildman–Crippen LogP) is 3.60. The Morgan fingerprint density at radius 1 is 1.13 bits per heavy atom. The molecule has 0 bridgehead atoms. The summed E-state index contributed by atoms with van der Waals surface area (Å²) in [5, 5.41) is 4.52. The van der Waals surface area contributed by atoms with E-state index in [0.29, 0.717) is 12.0 Å². The van der Waals surface area contributed by atoms with Crippen molar-refractivity contribution >= 4 is 28.8 Å². The van der Waals surface area contributed by atoms with Crippen molar-refractivity contribution in [3.8, 4) is 0 Å². The van der Waals surface area contributed by atoms with Crippen LogP contribution >= 0.6 is 11.6 Å². The number of amidine groups is 1. The second-order valence-electron chi connectivity index (χ2n) is 7.06. The highest BCUT2D eigenvalue weighted by Gasteiger charge is 2.35. The molecule has 1 aromatic carbocycles. The van der Waals surface area contributed by atoms with Crippen LogP contribution in [0.2, 0.25) is 5.02 Å². The zero-order valence-electron chi connectivity index (χ0n) is 13.8. The van der Waals surface area contributed by atoms with Crippen LogP contribution in [-0.4, -0.2) is 54.9 Å². The molecule has 0 radical (unpaired) electrons. The zero-order chi connectivity index (χ0) is 15.8. The first-order valence-corrected chi connectivity index (χ1v) is 9.17. The van der Waals surface area contributed by atoms with E-state index >= 15 is 0 Å². The summed E-state index contributed by atoms with van der Waals surface area (Å²) in [6, 6.07) is 6.54. The van der Waals surface area contributed by atoms with Crippen molar-refractivity contribution in [1.82, 2.24) is 9.80 Å². The first-order valence-electron chi connectivity index (χ1n) is 8.79. The van der Waals surface area contributed by atoms with Crippen LogP contribution in [0.5, 0.6) is 0 Å². The molecule has 2 unspecified atom stereocenters. The number of halogens is 1. The monoisotopic (exact) mass is 332 g/mol. The maximum Gasteiger partial charge on any atom is 0.110 e. The molecule has 2 aliphatic heterocycles. The number of likely N-dealkylation sites (N-methyl/N-ethyl adjacent to an activating group) is 1. The number of hydrogen-bond donors (Lipinski definition) is 1. The fraction of sp³-hybridized carbons (Fsp3) is 0.611. The van der Waals surface area contributed by atoms with Crippen LogP contribution in [-0.2, 0) is 0 Å². The van der Waals surface area contributed by atoms with Gasteiger partial charge in [-0.05, 0) is 38.1 Å². The second-order valence-corrected chi connectivity index (χ2v) is 7.50. The van der Waals surface area contributed by atoms with E-state index < -0.39 is 0 Å².